The van der Waals surface area contributed by atoms with E-state index in [0.717, 1.165) is 0 Å². The molecule has 0 bridgehead atoms. The lowest BCUT2D eigenvalue weighted by Crippen LogP contribution is -2.21. The number of hydrogen-bond donors (Lipinski definition) is 2. The molecule has 0 unspecified atom stereocenters. The van der Waals surface area contributed by atoms with Crippen LogP contribution in [0.1, 0.15) is 6.42 Å². The molecule has 3 N–H and O–H groups in total. The van der Waals surface area contributed by atoms with Crippen molar-refractivity contribution in [2.45, 2.75) is 6.42 Å². The Morgan fingerprint density at radius 2 is 2.42 bits per heavy atom. The lowest BCUT2D eigenvalue weighted by atomic mass is 10.4. The average Bonchev–Trinajstić information content (AvgIpc) is 2.37. The number of nitrogens with one attached hydrogen (secondary N) is 1. The number of nitrogens with zero attached hydrogens (tertiary/aromatic N) is 1. The molecule has 6 heteroatoms. The number of amides is 2. The first-order valence-electron chi connectivity index (χ1n) is 3.16. The predicted molar refractivity (Wildman–Crippen MR) is 44.6 cm³/mol. The fourth-order valence-electron chi connectivity index (χ4n) is 0.607. The maximum atomic E-state index is 10.9. The molecule has 0 spiro atoms. The summed E-state index contributed by atoms with van der Waals surface area (Å²) in [6.07, 6.45) is 1.25. The molecule has 0 radical (unpaired) electrons. The van der Waals surface area contributed by atoms with Crippen molar-refractivity contribution in [2.75, 3.05) is 5.32 Å². The van der Waals surface area contributed by atoms with Gasteiger partial charge in [0, 0.05) is 11.6 Å². The van der Waals surface area contributed by atoms with Crippen molar-refractivity contribution in [2.24, 2.45) is 5.73 Å². The van der Waals surface area contributed by atoms with E-state index in [-0.39, 0.29) is 6.42 Å². The molecule has 0 fully saturated rings. The summed E-state index contributed by atoms with van der Waals surface area (Å²) in [5, 5.41) is 4.62. The second kappa shape index (κ2) is 3.82. The molecule has 0 atom stereocenters. The van der Waals surface area contributed by atoms with E-state index in [1.165, 1.54) is 11.3 Å². The molecule has 1 aromatic heterocycles. The minimum atomic E-state index is -0.649. The summed E-state index contributed by atoms with van der Waals surface area (Å²) in [7, 11) is 0. The largest absolute Gasteiger partial charge is 0.369 e. The first kappa shape index (κ1) is 8.66. The van der Waals surface area contributed by atoms with Crippen LogP contribution in [0.15, 0.2) is 11.6 Å². The van der Waals surface area contributed by atoms with Crippen LogP contribution in [0.25, 0.3) is 0 Å². The third-order valence-corrected chi connectivity index (χ3v) is 1.70. The van der Waals surface area contributed by atoms with Crippen LogP contribution in [-0.2, 0) is 9.59 Å². The maximum Gasteiger partial charge on any atom is 0.235 e. The molecule has 0 aliphatic rings. The van der Waals surface area contributed by atoms with Gasteiger partial charge in [-0.2, -0.15) is 0 Å². The van der Waals surface area contributed by atoms with Crippen LogP contribution >= 0.6 is 11.3 Å². The molecule has 1 rings (SSSR count). The van der Waals surface area contributed by atoms with E-state index in [2.05, 4.69) is 10.3 Å². The van der Waals surface area contributed by atoms with Crippen molar-refractivity contribution in [1.82, 2.24) is 4.98 Å². The van der Waals surface area contributed by atoms with Crippen molar-refractivity contribution < 1.29 is 9.59 Å². The maximum absolute atomic E-state index is 10.9. The zero-order valence-corrected chi connectivity index (χ0v) is 6.93. The van der Waals surface area contributed by atoms with Crippen molar-refractivity contribution >= 4 is 28.3 Å². The van der Waals surface area contributed by atoms with Gasteiger partial charge < -0.3 is 11.1 Å². The lowest BCUT2D eigenvalue weighted by Gasteiger charge is -1.96. The van der Waals surface area contributed by atoms with Gasteiger partial charge in [-0.1, -0.05) is 0 Å². The second-order valence-electron chi connectivity index (χ2n) is 2.03. The summed E-state index contributed by atoms with van der Waals surface area (Å²) in [5.41, 5.74) is 4.81. The predicted octanol–water partition coefficient (Wildman–Crippen LogP) is -0.0430. The molecule has 12 heavy (non-hydrogen) atoms. The van der Waals surface area contributed by atoms with Crippen molar-refractivity contribution in [1.29, 1.82) is 0 Å². The smallest absolute Gasteiger partial charge is 0.235 e. The van der Waals surface area contributed by atoms with Crippen LogP contribution in [-0.4, -0.2) is 16.8 Å². The molecule has 1 aromatic rings. The molecule has 0 aromatic carbocycles. The minimum Gasteiger partial charge on any atom is -0.369 e. The van der Waals surface area contributed by atoms with Crippen molar-refractivity contribution in [3.63, 3.8) is 0 Å². The van der Waals surface area contributed by atoms with Crippen LogP contribution in [0.3, 0.4) is 0 Å². The molecule has 0 saturated carbocycles. The zero-order valence-electron chi connectivity index (χ0n) is 6.11. The number of rotatable bonds is 3. The Morgan fingerprint density at radius 1 is 1.67 bits per heavy atom. The van der Waals surface area contributed by atoms with Crippen LogP contribution in [0.5, 0.6) is 0 Å². The van der Waals surface area contributed by atoms with E-state index in [9.17, 15) is 9.59 Å². The fourth-order valence-corrected chi connectivity index (χ4v) is 1.15. The molecule has 1 heterocycles. The monoisotopic (exact) mass is 185 g/mol. The number of primary amides is 1. The second-order valence-corrected chi connectivity index (χ2v) is 2.92. The Bertz CT molecular complexity index is 283. The van der Waals surface area contributed by atoms with E-state index in [0.29, 0.717) is 5.13 Å². The van der Waals surface area contributed by atoms with Gasteiger partial charge >= 0.3 is 0 Å². The minimum absolute atomic E-state index is 0.306. The molecular weight excluding hydrogens is 178 g/mol. The van der Waals surface area contributed by atoms with Crippen molar-refractivity contribution in [3.8, 4) is 0 Å². The highest BCUT2D eigenvalue weighted by Crippen LogP contribution is 2.09. The Labute approximate surface area is 72.6 Å². The van der Waals surface area contributed by atoms with Gasteiger partial charge in [-0.05, 0) is 0 Å². The molecule has 5 nitrogen and oxygen atoms in total. The number of thiazole rings is 1. The third kappa shape index (κ3) is 2.67. The highest BCUT2D eigenvalue weighted by molar-refractivity contribution is 7.13. The van der Waals surface area contributed by atoms with E-state index < -0.39 is 11.8 Å². The number of aromatic nitrogens is 1. The van der Waals surface area contributed by atoms with Gasteiger partial charge in [0.1, 0.15) is 6.42 Å². The number of carbonyl (C=O) groups is 2. The zero-order chi connectivity index (χ0) is 8.97. The summed E-state index contributed by atoms with van der Waals surface area (Å²) >= 11 is 1.28. The Morgan fingerprint density at radius 3 is 2.92 bits per heavy atom. The summed E-state index contributed by atoms with van der Waals surface area (Å²) in [4.78, 5) is 25.0. The summed E-state index contributed by atoms with van der Waals surface area (Å²) in [6, 6.07) is 0. The van der Waals surface area contributed by atoms with Gasteiger partial charge in [0.15, 0.2) is 5.13 Å². The normalized spacial score (nSPS) is 9.33. The quantitative estimate of drug-likeness (QED) is 0.648. The van der Waals surface area contributed by atoms with Crippen LogP contribution in [0, 0.1) is 0 Å². The van der Waals surface area contributed by atoms with Crippen LogP contribution in [0.4, 0.5) is 5.13 Å². The molecule has 0 aliphatic carbocycles. The average molecular weight is 185 g/mol. The molecule has 64 valence electrons. The van der Waals surface area contributed by atoms with Gasteiger partial charge in [-0.25, -0.2) is 4.98 Å². The number of nitrogens with two attached hydrogens (primary N) is 1. The van der Waals surface area contributed by atoms with Crippen molar-refractivity contribution in [3.05, 3.63) is 11.6 Å². The van der Waals surface area contributed by atoms with Gasteiger partial charge in [0.05, 0.1) is 0 Å². The number of anilines is 1. The molecule has 0 saturated heterocycles. The van der Waals surface area contributed by atoms with E-state index in [1.807, 2.05) is 0 Å². The number of carbonyl (C=O) groups excluding carboxylic acids is 2. The van der Waals surface area contributed by atoms with Crippen LogP contribution in [0.2, 0.25) is 0 Å². The van der Waals surface area contributed by atoms with E-state index in [4.69, 9.17) is 5.73 Å². The number of hydrogen-bond acceptors (Lipinski definition) is 4. The standard InChI is InChI=1S/C6H7N3O2S/c7-4(10)3-5(11)9-6-8-1-2-12-6/h1-2H,3H2,(H2,7,10)(H,8,9,11). The fraction of sp³-hybridized carbons (Fsp3) is 0.167. The van der Waals surface area contributed by atoms with E-state index in [1.54, 1.807) is 11.6 Å². The third-order valence-electron chi connectivity index (χ3n) is 1.01. The first-order valence-corrected chi connectivity index (χ1v) is 4.04. The highest BCUT2D eigenvalue weighted by atomic mass is 32.1. The Hall–Kier alpha value is -1.43. The topological polar surface area (TPSA) is 85.1 Å². The molecule has 0 aliphatic heterocycles. The molecular formula is C6H7N3O2S. The first-order chi connectivity index (χ1) is 5.68. The summed E-state index contributed by atoms with van der Waals surface area (Å²) < 4.78 is 0. The summed E-state index contributed by atoms with van der Waals surface area (Å²) in [5.74, 6) is -1.08. The van der Waals surface area contributed by atoms with Gasteiger partial charge in [0.25, 0.3) is 0 Å². The summed E-state index contributed by atoms with van der Waals surface area (Å²) in [6.45, 7) is 0. The van der Waals surface area contributed by atoms with Crippen LogP contribution < -0.4 is 11.1 Å². The van der Waals surface area contributed by atoms with Gasteiger partial charge in [-0.15, -0.1) is 11.3 Å². The Kier molecular flexibility index (Phi) is 2.76. The van der Waals surface area contributed by atoms with Gasteiger partial charge in [0.2, 0.25) is 11.8 Å². The van der Waals surface area contributed by atoms with Gasteiger partial charge in [-0.3, -0.25) is 9.59 Å². The lowest BCUT2D eigenvalue weighted by molar-refractivity contribution is -0.124. The van der Waals surface area contributed by atoms with E-state index >= 15 is 0 Å². The molecule has 2 amide bonds. The highest BCUT2D eigenvalue weighted by Gasteiger charge is 2.06. The Balaban J connectivity index is 2.42. The SMILES string of the molecule is NC(=O)CC(=O)Nc1nccs1.